The van der Waals surface area contributed by atoms with Crippen molar-refractivity contribution in [2.75, 3.05) is 26.2 Å². The van der Waals surface area contributed by atoms with Crippen LogP contribution in [-0.4, -0.2) is 31.1 Å². The minimum absolute atomic E-state index is 0.375. The van der Waals surface area contributed by atoms with Crippen molar-refractivity contribution in [1.29, 1.82) is 0 Å². The molecule has 1 aliphatic heterocycles. The minimum atomic E-state index is 0.375. The van der Waals surface area contributed by atoms with E-state index in [0.29, 0.717) is 6.04 Å². The first-order valence-corrected chi connectivity index (χ1v) is 9.13. The first-order chi connectivity index (χ1) is 11.3. The smallest absolute Gasteiger partial charge is 0.0697 e. The molecule has 23 heavy (non-hydrogen) atoms. The zero-order valence-electron chi connectivity index (χ0n) is 13.5. The number of rotatable bonds is 3. The van der Waals surface area contributed by atoms with E-state index in [1.807, 2.05) is 11.3 Å². The fourth-order valence-corrected chi connectivity index (χ4v) is 4.51. The van der Waals surface area contributed by atoms with Crippen LogP contribution in [0.5, 0.6) is 0 Å². The number of nitrogens with zero attached hydrogens (tertiary/aromatic N) is 1. The largest absolute Gasteiger partial charge is 0.314 e. The van der Waals surface area contributed by atoms with Gasteiger partial charge in [-0.3, -0.25) is 4.90 Å². The maximum Gasteiger partial charge on any atom is 0.0697 e. The summed E-state index contributed by atoms with van der Waals surface area (Å²) in [6, 6.07) is 20.5. The summed E-state index contributed by atoms with van der Waals surface area (Å²) in [6.07, 6.45) is 0. The van der Waals surface area contributed by atoms with Gasteiger partial charge in [-0.25, -0.2) is 0 Å². The highest BCUT2D eigenvalue weighted by atomic mass is 32.1. The number of hydrogen-bond donors (Lipinski definition) is 1. The Kier molecular flexibility index (Phi) is 4.17. The van der Waals surface area contributed by atoms with Crippen molar-refractivity contribution in [2.45, 2.75) is 13.0 Å². The molecule has 2 heterocycles. The maximum absolute atomic E-state index is 3.47. The quantitative estimate of drug-likeness (QED) is 0.777. The number of thiophene rings is 1. The second kappa shape index (κ2) is 6.44. The van der Waals surface area contributed by atoms with E-state index in [9.17, 15) is 0 Å². The summed E-state index contributed by atoms with van der Waals surface area (Å²) in [5.74, 6) is 0. The Bertz CT molecular complexity index is 802. The zero-order chi connectivity index (χ0) is 15.6. The second-order valence-corrected chi connectivity index (χ2v) is 7.56. The summed E-state index contributed by atoms with van der Waals surface area (Å²) in [5.41, 5.74) is 1.41. The maximum atomic E-state index is 3.47. The SMILES string of the molecule is Cc1ccc(C(c2ccc3ccccc3c2)N2CCNCC2)s1. The predicted molar refractivity (Wildman–Crippen MR) is 99.3 cm³/mol. The molecule has 1 aromatic heterocycles. The first kappa shape index (κ1) is 14.9. The first-order valence-electron chi connectivity index (χ1n) is 8.31. The van der Waals surface area contributed by atoms with Gasteiger partial charge in [0.25, 0.3) is 0 Å². The molecule has 1 aliphatic rings. The topological polar surface area (TPSA) is 15.3 Å². The summed E-state index contributed by atoms with van der Waals surface area (Å²) in [7, 11) is 0. The molecule has 2 aromatic carbocycles. The van der Waals surface area contributed by atoms with Crippen LogP contribution in [0.1, 0.15) is 21.4 Å². The second-order valence-electron chi connectivity index (χ2n) is 6.24. The highest BCUT2D eigenvalue weighted by Gasteiger charge is 2.25. The van der Waals surface area contributed by atoms with Gasteiger partial charge in [0.05, 0.1) is 6.04 Å². The summed E-state index contributed by atoms with van der Waals surface area (Å²) in [4.78, 5) is 5.46. The molecule has 2 nitrogen and oxygen atoms in total. The van der Waals surface area contributed by atoms with Crippen LogP contribution in [0.4, 0.5) is 0 Å². The van der Waals surface area contributed by atoms with E-state index in [1.54, 1.807) is 0 Å². The van der Waals surface area contributed by atoms with Gasteiger partial charge < -0.3 is 5.32 Å². The van der Waals surface area contributed by atoms with Crippen LogP contribution < -0.4 is 5.32 Å². The molecule has 0 amide bonds. The number of nitrogens with one attached hydrogen (secondary N) is 1. The molecule has 1 fully saturated rings. The molecule has 0 saturated carbocycles. The van der Waals surface area contributed by atoms with Gasteiger partial charge in [0.2, 0.25) is 0 Å². The van der Waals surface area contributed by atoms with Gasteiger partial charge >= 0.3 is 0 Å². The Morgan fingerprint density at radius 2 is 1.74 bits per heavy atom. The molecule has 1 unspecified atom stereocenters. The average Bonchev–Trinajstić information content (AvgIpc) is 3.02. The molecule has 1 saturated heterocycles. The fraction of sp³-hybridized carbons (Fsp3) is 0.300. The van der Waals surface area contributed by atoms with E-state index in [4.69, 9.17) is 0 Å². The molecule has 0 spiro atoms. The van der Waals surface area contributed by atoms with Crippen LogP contribution in [0.2, 0.25) is 0 Å². The summed E-state index contributed by atoms with van der Waals surface area (Å²) >= 11 is 1.93. The minimum Gasteiger partial charge on any atom is -0.314 e. The van der Waals surface area contributed by atoms with E-state index in [2.05, 4.69) is 71.7 Å². The third kappa shape index (κ3) is 3.05. The lowest BCUT2D eigenvalue weighted by molar-refractivity contribution is 0.201. The number of benzene rings is 2. The molecule has 0 bridgehead atoms. The molecule has 118 valence electrons. The van der Waals surface area contributed by atoms with Crippen LogP contribution in [0.3, 0.4) is 0 Å². The van der Waals surface area contributed by atoms with Crippen molar-refractivity contribution >= 4 is 22.1 Å². The van der Waals surface area contributed by atoms with Crippen LogP contribution in [0.25, 0.3) is 10.8 Å². The number of piperazine rings is 1. The number of hydrogen-bond acceptors (Lipinski definition) is 3. The van der Waals surface area contributed by atoms with Crippen molar-refractivity contribution in [1.82, 2.24) is 10.2 Å². The van der Waals surface area contributed by atoms with Crippen LogP contribution >= 0.6 is 11.3 Å². The van der Waals surface area contributed by atoms with Crippen molar-refractivity contribution in [3.05, 3.63) is 69.9 Å². The van der Waals surface area contributed by atoms with Gasteiger partial charge in [0.1, 0.15) is 0 Å². The van der Waals surface area contributed by atoms with E-state index >= 15 is 0 Å². The normalized spacial score (nSPS) is 17.4. The molecule has 4 rings (SSSR count). The molecular weight excluding hydrogens is 300 g/mol. The van der Waals surface area contributed by atoms with E-state index < -0.39 is 0 Å². The molecule has 0 radical (unpaired) electrons. The summed E-state index contributed by atoms with van der Waals surface area (Å²) < 4.78 is 0. The Morgan fingerprint density at radius 3 is 2.48 bits per heavy atom. The Morgan fingerprint density at radius 1 is 0.957 bits per heavy atom. The van der Waals surface area contributed by atoms with E-state index in [1.165, 1.54) is 26.1 Å². The summed E-state index contributed by atoms with van der Waals surface area (Å²) in [5, 5.41) is 6.12. The fourth-order valence-electron chi connectivity index (χ4n) is 3.47. The monoisotopic (exact) mass is 322 g/mol. The molecule has 0 aliphatic carbocycles. The Balaban J connectivity index is 1.78. The third-order valence-electron chi connectivity index (χ3n) is 4.64. The molecule has 3 aromatic rings. The van der Waals surface area contributed by atoms with Crippen molar-refractivity contribution < 1.29 is 0 Å². The van der Waals surface area contributed by atoms with Crippen molar-refractivity contribution in [3.63, 3.8) is 0 Å². The average molecular weight is 322 g/mol. The van der Waals surface area contributed by atoms with Crippen LogP contribution in [0.15, 0.2) is 54.6 Å². The van der Waals surface area contributed by atoms with Gasteiger partial charge in [-0.1, -0.05) is 36.4 Å². The lowest BCUT2D eigenvalue weighted by Crippen LogP contribution is -2.45. The molecule has 1 N–H and O–H groups in total. The lowest BCUT2D eigenvalue weighted by Gasteiger charge is -2.35. The van der Waals surface area contributed by atoms with Crippen LogP contribution in [-0.2, 0) is 0 Å². The molecule has 3 heteroatoms. The molecule has 1 atom stereocenters. The highest BCUT2D eigenvalue weighted by molar-refractivity contribution is 7.12. The van der Waals surface area contributed by atoms with Gasteiger partial charge in [-0.05, 0) is 41.5 Å². The van der Waals surface area contributed by atoms with Crippen molar-refractivity contribution in [3.8, 4) is 0 Å². The third-order valence-corrected chi connectivity index (χ3v) is 5.69. The van der Waals surface area contributed by atoms with E-state index in [-0.39, 0.29) is 0 Å². The van der Waals surface area contributed by atoms with Gasteiger partial charge in [-0.2, -0.15) is 0 Å². The Hall–Kier alpha value is -1.68. The van der Waals surface area contributed by atoms with Crippen LogP contribution in [0, 0.1) is 6.92 Å². The van der Waals surface area contributed by atoms with Gasteiger partial charge in [0, 0.05) is 35.9 Å². The standard InChI is InChI=1S/C20H22N2S/c1-15-6-9-19(23-15)20(22-12-10-21-11-13-22)18-8-7-16-4-2-3-5-17(16)14-18/h2-9,14,20-21H,10-13H2,1H3. The Labute approximate surface area is 141 Å². The number of aryl methyl sites for hydroxylation is 1. The molecular formula is C20H22N2S. The lowest BCUT2D eigenvalue weighted by atomic mass is 9.99. The van der Waals surface area contributed by atoms with Crippen molar-refractivity contribution in [2.24, 2.45) is 0 Å². The predicted octanol–water partition coefficient (Wildman–Crippen LogP) is 4.20. The number of fused-ring (bicyclic) bond motifs is 1. The highest BCUT2D eigenvalue weighted by Crippen LogP contribution is 2.34. The zero-order valence-corrected chi connectivity index (χ0v) is 14.3. The summed E-state index contributed by atoms with van der Waals surface area (Å²) in [6.45, 7) is 6.56. The van der Waals surface area contributed by atoms with Gasteiger partial charge in [0.15, 0.2) is 0 Å². The van der Waals surface area contributed by atoms with Gasteiger partial charge in [-0.15, -0.1) is 11.3 Å². The van der Waals surface area contributed by atoms with E-state index in [0.717, 1.165) is 26.2 Å².